The Labute approximate surface area is 163 Å². The van der Waals surface area contributed by atoms with Crippen LogP contribution in [-0.4, -0.2) is 36.1 Å². The second-order valence-electron chi connectivity index (χ2n) is 7.16. The van der Waals surface area contributed by atoms with E-state index in [2.05, 4.69) is 15.2 Å². The summed E-state index contributed by atoms with van der Waals surface area (Å²) in [4.78, 5) is 19.3. The molecule has 3 rings (SSSR count). The lowest BCUT2D eigenvalue weighted by molar-refractivity contribution is 0.0897. The first-order valence-electron chi connectivity index (χ1n) is 8.86. The third-order valence-electron chi connectivity index (χ3n) is 5.24. The van der Waals surface area contributed by atoms with Gasteiger partial charge in [0.15, 0.2) is 0 Å². The average Bonchev–Trinajstić information content (AvgIpc) is 3.41. The number of nitrogens with zero attached hydrogens (tertiary/aromatic N) is 2. The van der Waals surface area contributed by atoms with Crippen LogP contribution in [0.15, 0.2) is 18.3 Å². The Balaban J connectivity index is 0.00000156. The Morgan fingerprint density at radius 2 is 1.88 bits per heavy atom. The molecule has 1 unspecified atom stereocenters. The van der Waals surface area contributed by atoms with Crippen LogP contribution in [0.2, 0.25) is 0 Å². The highest BCUT2D eigenvalue weighted by molar-refractivity contribution is 5.94. The summed E-state index contributed by atoms with van der Waals surface area (Å²) in [5.41, 5.74) is 6.20. The van der Waals surface area contributed by atoms with Crippen LogP contribution >= 0.6 is 24.8 Å². The van der Waals surface area contributed by atoms with E-state index in [1.807, 2.05) is 19.1 Å². The third kappa shape index (κ3) is 5.47. The Morgan fingerprint density at radius 3 is 2.36 bits per heavy atom. The van der Waals surface area contributed by atoms with Gasteiger partial charge in [-0.25, -0.2) is 4.98 Å². The van der Waals surface area contributed by atoms with Crippen molar-refractivity contribution in [3.05, 3.63) is 23.9 Å². The minimum atomic E-state index is -0.291. The first-order chi connectivity index (χ1) is 11.1. The topological polar surface area (TPSA) is 71.2 Å². The van der Waals surface area contributed by atoms with Gasteiger partial charge in [0, 0.05) is 25.8 Å². The smallest absolute Gasteiger partial charge is 0.253 e. The van der Waals surface area contributed by atoms with Crippen LogP contribution in [0.1, 0.15) is 55.8 Å². The van der Waals surface area contributed by atoms with E-state index >= 15 is 0 Å². The molecule has 1 saturated heterocycles. The largest absolute Gasteiger partial charge is 0.357 e. The van der Waals surface area contributed by atoms with E-state index in [0.29, 0.717) is 18.0 Å². The number of hydrogen-bond acceptors (Lipinski definition) is 4. The Bertz CT molecular complexity index is 543. The third-order valence-corrected chi connectivity index (χ3v) is 5.24. The lowest BCUT2D eigenvalue weighted by atomic mass is 9.95. The number of carbonyl (C=O) groups excluding carboxylic acids is 1. The van der Waals surface area contributed by atoms with Gasteiger partial charge < -0.3 is 16.0 Å². The maximum absolute atomic E-state index is 12.5. The van der Waals surface area contributed by atoms with Crippen LogP contribution in [0.5, 0.6) is 0 Å². The van der Waals surface area contributed by atoms with Crippen LogP contribution in [-0.2, 0) is 0 Å². The highest BCUT2D eigenvalue weighted by atomic mass is 35.5. The molecular formula is C18H30Cl2N4O. The van der Waals surface area contributed by atoms with Crippen molar-refractivity contribution in [2.24, 2.45) is 11.7 Å². The summed E-state index contributed by atoms with van der Waals surface area (Å²) in [6.07, 6.45) is 9.05. The normalized spacial score (nSPS) is 19.7. The summed E-state index contributed by atoms with van der Waals surface area (Å²) in [7, 11) is 0. The van der Waals surface area contributed by atoms with Crippen molar-refractivity contribution in [3.63, 3.8) is 0 Å². The standard InChI is InChI=1S/C18H28N4O.2ClH/c1-18(13-19,15-7-8-15)21-17(23)14-6-9-16(20-12-14)22-10-4-2-3-5-11-22;;/h6,9,12,15H,2-5,7-8,10-11,13,19H2,1H3,(H,21,23);2*1H. The summed E-state index contributed by atoms with van der Waals surface area (Å²) < 4.78 is 0. The molecular weight excluding hydrogens is 359 g/mol. The molecule has 5 nitrogen and oxygen atoms in total. The lowest BCUT2D eigenvalue weighted by Gasteiger charge is -2.29. The van der Waals surface area contributed by atoms with E-state index in [1.165, 1.54) is 25.7 Å². The van der Waals surface area contributed by atoms with Gasteiger partial charge in [0.05, 0.1) is 11.1 Å². The van der Waals surface area contributed by atoms with Crippen molar-refractivity contribution < 1.29 is 4.79 Å². The molecule has 7 heteroatoms. The van der Waals surface area contributed by atoms with Gasteiger partial charge in [0.25, 0.3) is 5.91 Å². The van der Waals surface area contributed by atoms with Crippen molar-refractivity contribution >= 4 is 36.5 Å². The second-order valence-corrected chi connectivity index (χ2v) is 7.16. The molecule has 3 N–H and O–H groups in total. The fourth-order valence-corrected chi connectivity index (χ4v) is 3.38. The van der Waals surface area contributed by atoms with E-state index in [9.17, 15) is 4.79 Å². The maximum atomic E-state index is 12.5. The predicted octanol–water partition coefficient (Wildman–Crippen LogP) is 3.16. The zero-order valence-electron chi connectivity index (χ0n) is 14.9. The molecule has 25 heavy (non-hydrogen) atoms. The van der Waals surface area contributed by atoms with Crippen LogP contribution < -0.4 is 16.0 Å². The number of halogens is 2. The molecule has 1 aromatic rings. The Kier molecular flexibility index (Phi) is 8.45. The van der Waals surface area contributed by atoms with E-state index in [4.69, 9.17) is 5.73 Å². The number of rotatable bonds is 5. The van der Waals surface area contributed by atoms with Crippen molar-refractivity contribution in [3.8, 4) is 0 Å². The fourth-order valence-electron chi connectivity index (χ4n) is 3.38. The monoisotopic (exact) mass is 388 g/mol. The number of pyridine rings is 1. The van der Waals surface area contributed by atoms with Crippen LogP contribution in [0, 0.1) is 5.92 Å². The molecule has 0 spiro atoms. The van der Waals surface area contributed by atoms with Gasteiger partial charge in [-0.1, -0.05) is 12.8 Å². The first-order valence-corrected chi connectivity index (χ1v) is 8.86. The van der Waals surface area contributed by atoms with Gasteiger partial charge in [-0.2, -0.15) is 0 Å². The SMILES string of the molecule is CC(CN)(NC(=O)c1ccc(N2CCCCCC2)nc1)C1CC1.Cl.Cl. The molecule has 1 aliphatic carbocycles. The van der Waals surface area contributed by atoms with E-state index < -0.39 is 0 Å². The van der Waals surface area contributed by atoms with Gasteiger partial charge in [0.1, 0.15) is 5.82 Å². The molecule has 142 valence electrons. The second kappa shape index (κ2) is 9.60. The number of amides is 1. The van der Waals surface area contributed by atoms with Crippen molar-refractivity contribution in [2.75, 3.05) is 24.5 Å². The highest BCUT2D eigenvalue weighted by Gasteiger charge is 2.41. The van der Waals surface area contributed by atoms with Crippen LogP contribution in [0.4, 0.5) is 5.82 Å². The fraction of sp³-hybridized carbons (Fsp3) is 0.667. The van der Waals surface area contributed by atoms with Gasteiger partial charge in [-0.3, -0.25) is 4.79 Å². The van der Waals surface area contributed by atoms with E-state index in [0.717, 1.165) is 31.7 Å². The summed E-state index contributed by atoms with van der Waals surface area (Å²) in [5, 5.41) is 3.11. The summed E-state index contributed by atoms with van der Waals surface area (Å²) in [6, 6.07) is 3.85. The summed E-state index contributed by atoms with van der Waals surface area (Å²) in [6.45, 7) is 4.64. The highest BCUT2D eigenvalue weighted by Crippen LogP contribution is 2.39. The van der Waals surface area contributed by atoms with Gasteiger partial charge in [-0.15, -0.1) is 24.8 Å². The molecule has 1 saturated carbocycles. The van der Waals surface area contributed by atoms with Crippen molar-refractivity contribution in [1.29, 1.82) is 0 Å². The molecule has 1 amide bonds. The Morgan fingerprint density at radius 1 is 1.24 bits per heavy atom. The van der Waals surface area contributed by atoms with Gasteiger partial charge >= 0.3 is 0 Å². The van der Waals surface area contributed by atoms with Crippen LogP contribution in [0.3, 0.4) is 0 Å². The van der Waals surface area contributed by atoms with Crippen LogP contribution in [0.25, 0.3) is 0 Å². The lowest BCUT2D eigenvalue weighted by Crippen LogP contribution is -2.53. The number of hydrogen-bond donors (Lipinski definition) is 2. The van der Waals surface area contributed by atoms with Crippen molar-refractivity contribution in [2.45, 2.75) is 51.0 Å². The molecule has 1 atom stereocenters. The number of anilines is 1. The molecule has 1 aliphatic heterocycles. The van der Waals surface area contributed by atoms with Crippen molar-refractivity contribution in [1.82, 2.24) is 10.3 Å². The minimum absolute atomic E-state index is 0. The molecule has 2 heterocycles. The molecule has 2 fully saturated rings. The molecule has 0 radical (unpaired) electrons. The predicted molar refractivity (Wildman–Crippen MR) is 107 cm³/mol. The van der Waals surface area contributed by atoms with Gasteiger partial charge in [-0.05, 0) is 50.7 Å². The number of carbonyl (C=O) groups is 1. The van der Waals surface area contributed by atoms with Gasteiger partial charge in [0.2, 0.25) is 0 Å². The molecule has 0 bridgehead atoms. The zero-order chi connectivity index (χ0) is 16.3. The summed E-state index contributed by atoms with van der Waals surface area (Å²) in [5.74, 6) is 1.42. The zero-order valence-corrected chi connectivity index (χ0v) is 16.5. The molecule has 1 aromatic heterocycles. The average molecular weight is 389 g/mol. The number of aromatic nitrogens is 1. The van der Waals surface area contributed by atoms with E-state index in [-0.39, 0.29) is 36.3 Å². The minimum Gasteiger partial charge on any atom is -0.357 e. The summed E-state index contributed by atoms with van der Waals surface area (Å²) >= 11 is 0. The van der Waals surface area contributed by atoms with E-state index in [1.54, 1.807) is 6.20 Å². The molecule has 2 aliphatic rings. The number of nitrogens with one attached hydrogen (secondary N) is 1. The Hall–Kier alpha value is -1.04. The first kappa shape index (κ1) is 22.0. The maximum Gasteiger partial charge on any atom is 0.253 e. The molecule has 0 aromatic carbocycles. The number of nitrogens with two attached hydrogens (primary N) is 1. The quantitative estimate of drug-likeness (QED) is 0.812.